The molecule has 0 unspecified atom stereocenters. The summed E-state index contributed by atoms with van der Waals surface area (Å²) in [7, 11) is -9.68. The van der Waals surface area contributed by atoms with Crippen molar-refractivity contribution >= 4 is 67.1 Å². The second-order valence-electron chi connectivity index (χ2n) is 12.4. The van der Waals surface area contributed by atoms with E-state index in [0.29, 0.717) is 5.95 Å². The monoisotopic (exact) mass is 1080 g/mol. The van der Waals surface area contributed by atoms with Gasteiger partial charge in [-0.1, -0.05) is 182 Å². The van der Waals surface area contributed by atoms with Gasteiger partial charge in [-0.3, -0.25) is 4.98 Å². The zero-order chi connectivity index (χ0) is 44.0. The van der Waals surface area contributed by atoms with E-state index in [2.05, 4.69) is 209 Å². The fraction of sp³-hybridized carbons (Fsp3) is 0.0217. The molecule has 2 heterocycles. The molecular formula is C46H39F6N5OOsP3. The van der Waals surface area contributed by atoms with E-state index in [-0.39, 0.29) is 19.8 Å². The molecular weight excluding hydrogens is 1040 g/mol. The molecule has 0 aliphatic carbocycles. The van der Waals surface area contributed by atoms with Crippen LogP contribution in [0.2, 0.25) is 0 Å². The maximum absolute atomic E-state index is 10.7. The molecule has 2 aromatic heterocycles. The molecule has 319 valence electrons. The summed E-state index contributed by atoms with van der Waals surface area (Å²) in [4.78, 5) is 7.94. The smallest absolute Gasteiger partial charge is 0.0622 e. The Kier molecular flexibility index (Phi) is 19.9. The third-order valence-electron chi connectivity index (χ3n) is 7.78. The van der Waals surface area contributed by atoms with Gasteiger partial charge in [-0.25, -0.2) is 4.98 Å². The summed E-state index contributed by atoms with van der Waals surface area (Å²) in [5, 5.41) is 16.3. The minimum absolute atomic E-state index is 0. The van der Waals surface area contributed by atoms with E-state index in [9.17, 15) is 25.2 Å². The van der Waals surface area contributed by atoms with Gasteiger partial charge in [0, 0.05) is 25.6 Å². The van der Waals surface area contributed by atoms with E-state index in [0.717, 1.165) is 5.69 Å². The Hall–Kier alpha value is -5.47. The number of pyridine rings is 1. The first-order chi connectivity index (χ1) is 29.2. The summed E-state index contributed by atoms with van der Waals surface area (Å²) in [6, 6.07) is 68.3. The molecule has 62 heavy (non-hydrogen) atoms. The summed E-state index contributed by atoms with van der Waals surface area (Å²) in [5.41, 5.74) is 0.718. The van der Waals surface area contributed by atoms with E-state index >= 15 is 0 Å². The molecule has 0 bridgehead atoms. The van der Waals surface area contributed by atoms with Crippen molar-refractivity contribution in [1.29, 1.82) is 0 Å². The normalized spacial score (nSPS) is 11.6. The second-order valence-corrected chi connectivity index (χ2v) is 18.7. The van der Waals surface area contributed by atoms with Crippen molar-refractivity contribution in [2.75, 3.05) is 0 Å². The SMILES string of the molecule is Cn1ccnc1N=Nc1cccnc1.F[P-](F)(F)(F)(F)F.[C-]#[O+].[Os+].c1ccc(P(c2ccccc2)c2ccccc2)cc1.c1ccc(P(c2ccccc2)c2ccccc2)cc1. The standard InChI is InChI=1S/2C18H15P.C9H9N5.CO.F6P.Os/c2*1-4-10-16(11-5-1)19(17-12-6-2-7-13-17)18-14-8-3-9-15-18;1-14-6-5-11-9(14)13-12-8-3-2-4-10-7-8;1-2;1-7(2,3,4,5)6;/h2*1-15H;2-7H,1H3;;;/q;;;;-1;+1. The molecule has 0 spiro atoms. The van der Waals surface area contributed by atoms with Crippen molar-refractivity contribution in [1.82, 2.24) is 14.5 Å². The number of hydrogen-bond donors (Lipinski definition) is 0. The molecule has 16 heteroatoms. The fourth-order valence-electron chi connectivity index (χ4n) is 5.33. The van der Waals surface area contributed by atoms with Crippen LogP contribution in [0.1, 0.15) is 0 Å². The molecule has 0 saturated heterocycles. The molecule has 8 rings (SSSR count). The van der Waals surface area contributed by atoms with Gasteiger partial charge >= 0.3 is 64.1 Å². The number of imidazole rings is 1. The Bertz CT molecular complexity index is 2180. The average Bonchev–Trinajstić information content (AvgIpc) is 3.70. The summed E-state index contributed by atoms with van der Waals surface area (Å²) in [6.07, 6.45) is 6.83. The van der Waals surface area contributed by atoms with E-state index < -0.39 is 23.7 Å². The fourth-order valence-corrected chi connectivity index (χ4v) is 9.94. The second kappa shape index (κ2) is 24.2. The molecule has 0 aliphatic heterocycles. The Morgan fingerprint density at radius 1 is 0.468 bits per heavy atom. The molecule has 0 saturated carbocycles. The quantitative estimate of drug-likeness (QED) is 0.0500. The average molecular weight is 1070 g/mol. The number of benzene rings is 6. The predicted octanol–water partition coefficient (Wildman–Crippen LogP) is 12.5. The molecule has 0 N–H and O–H groups in total. The van der Waals surface area contributed by atoms with Crippen molar-refractivity contribution in [3.8, 4) is 0 Å². The van der Waals surface area contributed by atoms with Gasteiger partial charge in [0.1, 0.15) is 5.69 Å². The zero-order valence-corrected chi connectivity index (χ0v) is 38.1. The Balaban J connectivity index is 0.000000226. The molecule has 0 aliphatic rings. The Morgan fingerprint density at radius 2 is 0.758 bits per heavy atom. The van der Waals surface area contributed by atoms with Crippen molar-refractivity contribution in [2.24, 2.45) is 17.3 Å². The molecule has 6 nitrogen and oxygen atoms in total. The van der Waals surface area contributed by atoms with Crippen LogP contribution >= 0.6 is 23.7 Å². The van der Waals surface area contributed by atoms with E-state index in [4.69, 9.17) is 4.65 Å². The first kappa shape index (κ1) is 50.9. The Morgan fingerprint density at radius 3 is 0.984 bits per heavy atom. The van der Waals surface area contributed by atoms with Gasteiger partial charge in [0.15, 0.2) is 0 Å². The van der Waals surface area contributed by atoms with Crippen LogP contribution < -0.4 is 31.8 Å². The molecule has 0 amide bonds. The topological polar surface area (TPSA) is 75.3 Å². The largest absolute Gasteiger partial charge is 1.00 e. The molecule has 0 fully saturated rings. The van der Waals surface area contributed by atoms with Crippen molar-refractivity contribution in [3.05, 3.63) is 226 Å². The predicted molar refractivity (Wildman–Crippen MR) is 239 cm³/mol. The van der Waals surface area contributed by atoms with Gasteiger partial charge < -0.3 is 4.57 Å². The van der Waals surface area contributed by atoms with Crippen LogP contribution in [0.15, 0.2) is 229 Å². The van der Waals surface area contributed by atoms with Crippen LogP contribution in [0.25, 0.3) is 0 Å². The van der Waals surface area contributed by atoms with Gasteiger partial charge in [-0.15, -0.1) is 10.2 Å². The van der Waals surface area contributed by atoms with E-state index in [1.54, 1.807) is 23.2 Å². The first-order valence-electron chi connectivity index (χ1n) is 18.2. The number of aromatic nitrogens is 3. The third kappa shape index (κ3) is 19.5. The third-order valence-corrected chi connectivity index (χ3v) is 12.7. The van der Waals surface area contributed by atoms with Gasteiger partial charge in [-0.05, 0) is 59.8 Å². The summed E-state index contributed by atoms with van der Waals surface area (Å²) < 4.78 is 68.5. The molecule has 6 aromatic carbocycles. The number of nitrogens with zero attached hydrogens (tertiary/aromatic N) is 5. The summed E-state index contributed by atoms with van der Waals surface area (Å²) in [5.74, 6) is 0.578. The minimum Gasteiger partial charge on any atom is -0.0622 e. The van der Waals surface area contributed by atoms with Gasteiger partial charge in [-0.2, -0.15) is 0 Å². The maximum atomic E-state index is 9.87. The van der Waals surface area contributed by atoms with E-state index in [1.807, 2.05) is 25.4 Å². The zero-order valence-electron chi connectivity index (χ0n) is 32.9. The van der Waals surface area contributed by atoms with Crippen LogP contribution in [-0.2, 0) is 31.5 Å². The van der Waals surface area contributed by atoms with Crippen molar-refractivity contribution < 1.29 is 49.6 Å². The van der Waals surface area contributed by atoms with Gasteiger partial charge in [0.05, 0.1) is 6.20 Å². The van der Waals surface area contributed by atoms with Crippen LogP contribution in [0.3, 0.4) is 0 Å². The van der Waals surface area contributed by atoms with Crippen LogP contribution in [0.5, 0.6) is 0 Å². The van der Waals surface area contributed by atoms with Gasteiger partial charge in [0.2, 0.25) is 5.95 Å². The van der Waals surface area contributed by atoms with Crippen molar-refractivity contribution in [2.45, 2.75) is 0 Å². The first-order valence-corrected chi connectivity index (χ1v) is 22.9. The summed E-state index contributed by atoms with van der Waals surface area (Å²) in [6.45, 7) is 4.50. The Labute approximate surface area is 372 Å². The van der Waals surface area contributed by atoms with Crippen LogP contribution in [0.4, 0.5) is 36.8 Å². The number of halogens is 6. The number of aryl methyl sites for hydroxylation is 1. The number of azo groups is 1. The summed E-state index contributed by atoms with van der Waals surface area (Å²) >= 11 is 0. The molecule has 1 radical (unpaired) electrons. The molecule has 8 aromatic rings. The maximum Gasteiger partial charge on any atom is 1.00 e. The van der Waals surface area contributed by atoms with Crippen LogP contribution in [0, 0.1) is 6.65 Å². The van der Waals surface area contributed by atoms with Crippen LogP contribution in [-0.4, -0.2) is 14.5 Å². The number of rotatable bonds is 8. The molecule has 0 atom stereocenters. The minimum atomic E-state index is -10.7. The van der Waals surface area contributed by atoms with E-state index in [1.165, 1.54) is 31.8 Å². The van der Waals surface area contributed by atoms with Crippen molar-refractivity contribution in [3.63, 3.8) is 0 Å². The number of hydrogen-bond acceptors (Lipinski definition) is 4. The van der Waals surface area contributed by atoms with Gasteiger partial charge in [0.25, 0.3) is 0 Å².